The summed E-state index contributed by atoms with van der Waals surface area (Å²) >= 11 is 21.0. The molecular formula is C116H132Ac8Br6O8Pd4Si4. The van der Waals surface area contributed by atoms with Gasteiger partial charge in [0.2, 0.25) is 0 Å². The van der Waals surface area contributed by atoms with Gasteiger partial charge in [-0.15, -0.1) is 39.5 Å². The summed E-state index contributed by atoms with van der Waals surface area (Å²) < 4.78 is 6.85. The normalized spacial score (nSPS) is 9.87. The van der Waals surface area contributed by atoms with Gasteiger partial charge in [0.25, 0.3) is 0 Å². The topological polar surface area (TPSA) is 252 Å². The molecule has 0 aliphatic heterocycles. The first-order chi connectivity index (χ1) is 61.0. The molecule has 8 radical (unpaired) electrons. The van der Waals surface area contributed by atoms with E-state index < -0.39 is 32.3 Å². The van der Waals surface area contributed by atoms with Gasteiger partial charge in [0, 0.05) is 466 Å². The van der Waals surface area contributed by atoms with E-state index in [2.05, 4.69) is 587 Å². The first kappa shape index (κ1) is 175. The number of benzene rings is 15. The van der Waals surface area contributed by atoms with Crippen molar-refractivity contribution in [1.82, 2.24) is 0 Å². The molecule has 0 amide bonds. The molecule has 1 aliphatic carbocycles. The largest absolute Gasteiger partial charge is 0.412 e. The van der Waals surface area contributed by atoms with Gasteiger partial charge in [-0.1, -0.05) is 517 Å². The van der Waals surface area contributed by atoms with Crippen LogP contribution in [0, 0.1) is 378 Å². The van der Waals surface area contributed by atoms with Crippen LogP contribution in [0.3, 0.4) is 0 Å². The summed E-state index contributed by atoms with van der Waals surface area (Å²) in [4.78, 5) is 0. The van der Waals surface area contributed by atoms with Gasteiger partial charge in [0.1, 0.15) is 8.07 Å². The molecule has 0 heterocycles. The Kier molecular flexibility index (Phi) is 111. The molecule has 146 heavy (non-hydrogen) atoms. The van der Waals surface area contributed by atoms with Gasteiger partial charge in [-0.05, 0) is 196 Å². The molecule has 15 aromatic rings. The molecule has 15 aromatic carbocycles. The van der Waals surface area contributed by atoms with E-state index in [0.717, 1.165) is 26.3 Å². The second-order valence-corrected chi connectivity index (χ2v) is 52.4. The number of hydrogen-bond donors (Lipinski definition) is 0. The smallest absolute Gasteiger partial charge is 0.171 e. The van der Waals surface area contributed by atoms with Crippen molar-refractivity contribution in [3.63, 3.8) is 0 Å². The maximum Gasteiger partial charge on any atom is 0.171 e. The molecule has 766 valence electrons. The van der Waals surface area contributed by atoms with Crippen LogP contribution in [-0.4, -0.2) is 76.1 Å². The molecule has 0 saturated heterocycles. The molecule has 1 aliphatic rings. The number of aryl methyl sites for hydroxylation is 2. The molecule has 30 heteroatoms. The number of fused-ring (bicyclic) bond motifs is 3. The Balaban J connectivity index is -0.000000146. The van der Waals surface area contributed by atoms with E-state index in [1.54, 1.807) is 0 Å². The van der Waals surface area contributed by atoms with Crippen molar-refractivity contribution in [2.75, 3.05) is 0 Å². The Morgan fingerprint density at radius 1 is 0.247 bits per heavy atom. The van der Waals surface area contributed by atoms with Crippen LogP contribution in [0.15, 0.2) is 495 Å². The average Bonchev–Trinajstić information content (AvgIpc) is 1.54. The van der Waals surface area contributed by atoms with Crippen LogP contribution in [0.2, 0.25) is 6.55 Å². The third-order valence-corrected chi connectivity index (χ3v) is 42.4. The van der Waals surface area contributed by atoms with E-state index in [9.17, 15) is 0 Å². The Labute approximate surface area is 1270 Å². The predicted molar refractivity (Wildman–Crippen MR) is 616 cm³/mol. The minimum atomic E-state index is -2.44. The summed E-state index contributed by atoms with van der Waals surface area (Å²) in [5.74, 6) is 1.18. The molecule has 0 bridgehead atoms. The molecule has 0 unspecified atom stereocenters. The molecule has 16 N–H and O–H groups in total. The van der Waals surface area contributed by atoms with E-state index in [0.29, 0.717) is 11.8 Å². The van der Waals surface area contributed by atoms with Gasteiger partial charge in [0.05, 0.1) is 0 Å². The summed E-state index contributed by atoms with van der Waals surface area (Å²) in [7, 11) is -8.09. The van der Waals surface area contributed by atoms with E-state index in [-0.39, 0.29) is 483 Å². The number of hydrogen-bond acceptors (Lipinski definition) is 0. The standard InChI is InChI=1S/C35H37BrSi.C20H18Si.C16H16Si.C12H8Br2.C12H9Br.C11H14Si.C8H8Br2.C2H6.8Ac.8H2O.4Pd/c1-6-37(28-13-9-7-10-14-28,29-15-11-8-12-16-29)30-18-20-32-31-19-17-27(36)21-33(31)35(23-25(2)3,24-26(4)5)34(32)22-30;1-2-21(18-12-6-3-7-13-18,19-14-8-4-9-15-19)20-16-10-5-11-17-20;1-3-17(4-2,15-11-7-5-8-12-15)16-13-9-6-10-14-16;13-11-5-1-9(2-6-11)10-3-7-12(14)8-4-10;13-12-8-6-11(7-9-12)10-4-2-1-3-5-10;1-4-12(3,5-2)11-9-7-6-8-10-11;1-5-3-8(10)6(2)4-7(5)9;1-2;;;;;;;;;;;;;;;;;;;;/h6-22,25-26H,1,23-24H2,2-5H3;2-17H,1H2;3-14H,1-2H2;1-8H;1-9H;4-10H,1-2H2,3H3;3-4H,1-2H3;1-2H3;;;;;;;;;8*1H2;;;;. The zero-order valence-electron chi connectivity index (χ0n) is 84.0. The fourth-order valence-electron chi connectivity index (χ4n) is 16.4. The Morgan fingerprint density at radius 2 is 0.459 bits per heavy atom. The Hall–Kier alpha value is 4.35. The molecule has 0 spiro atoms. The first-order valence-electron chi connectivity index (χ1n) is 42.9. The Bertz CT molecular complexity index is 5700. The van der Waals surface area contributed by atoms with Gasteiger partial charge in [-0.2, -0.15) is 0 Å². The van der Waals surface area contributed by atoms with Crippen LogP contribution in [0.5, 0.6) is 0 Å². The molecule has 0 saturated carbocycles. The van der Waals surface area contributed by atoms with Gasteiger partial charge < -0.3 is 43.8 Å². The monoisotopic (exact) mass is 4480 g/mol. The maximum atomic E-state index is 4.50. The second-order valence-electron chi connectivity index (χ2n) is 31.9. The fourth-order valence-corrected chi connectivity index (χ4v) is 30.7. The van der Waals surface area contributed by atoms with Crippen LogP contribution in [-0.2, 0) is 87.1 Å². The van der Waals surface area contributed by atoms with Crippen molar-refractivity contribution >= 4 is 175 Å². The minimum Gasteiger partial charge on any atom is -0.412 e. The van der Waals surface area contributed by atoms with E-state index >= 15 is 0 Å². The van der Waals surface area contributed by atoms with Gasteiger partial charge in [-0.25, -0.2) is 0 Å². The van der Waals surface area contributed by atoms with Crippen LogP contribution in [0.25, 0.3) is 33.4 Å². The van der Waals surface area contributed by atoms with Crippen LogP contribution in [0.1, 0.15) is 76.6 Å². The molecule has 0 aromatic heterocycles. The Morgan fingerprint density at radius 3 is 0.699 bits per heavy atom. The van der Waals surface area contributed by atoms with Crippen LogP contribution >= 0.6 is 95.6 Å². The van der Waals surface area contributed by atoms with Crippen molar-refractivity contribution < 1.29 is 478 Å². The summed E-state index contributed by atoms with van der Waals surface area (Å²) in [6.45, 7) is 44.4. The molecule has 0 fully saturated rings. The zero-order chi connectivity index (χ0) is 90.7. The number of rotatable bonds is 21. The quantitative estimate of drug-likeness (QED) is 0.0481. The van der Waals surface area contributed by atoms with Crippen molar-refractivity contribution in [1.29, 1.82) is 0 Å². The average molecular weight is 4490 g/mol. The molecule has 16 rings (SSSR count). The van der Waals surface area contributed by atoms with E-state index in [1.807, 2.05) is 38.1 Å². The predicted octanol–water partition coefficient (Wildman–Crippen LogP) is 23.2. The molecule has 0 atom stereocenters. The molecular weight excluding hydrogens is 4350 g/mol. The third-order valence-electron chi connectivity index (χ3n) is 22.9. The van der Waals surface area contributed by atoms with Gasteiger partial charge >= 0.3 is 0 Å². The third kappa shape index (κ3) is 49.8. The summed E-state index contributed by atoms with van der Waals surface area (Å²) in [6.07, 6.45) is 2.29. The SMILES string of the molecule is Brc1ccc(-c2ccc(Br)cc2)cc1.Brc1ccc(-c2ccccc2)cc1.C=C[Si](C)(C=C)c1ccccc1.C=C[Si](C=C)(c1ccccc1)c1ccccc1.C=C[Si](c1ccccc1)(c1ccccc1)c1ccc2c(c1)C(CC(C)C)(CC(C)C)c1cc(Br)ccc1-2.C=C[Si](c1ccccc1)(c1ccccc1)c1ccccc1.CC.Cc1cc(Br)c(C)cc1Br.O.O.O.O.O.O.O.O.[Ac].[Ac].[Ac].[Ac].[Ac].[Ac].[Ac].[Ac].[Pd].[Pd].[Pd].[Pd]. The van der Waals surface area contributed by atoms with E-state index in [1.165, 1.54) is 116 Å². The van der Waals surface area contributed by atoms with Crippen molar-refractivity contribution in [3.05, 3.63) is 517 Å². The number of halogens is 6. The van der Waals surface area contributed by atoms with E-state index in [4.69, 9.17) is 0 Å². The summed E-state index contributed by atoms with van der Waals surface area (Å²) in [6, 6.07) is 140. The van der Waals surface area contributed by atoms with Crippen molar-refractivity contribution in [2.45, 2.75) is 80.2 Å². The summed E-state index contributed by atoms with van der Waals surface area (Å²) in [5, 5.41) is 12.3. The van der Waals surface area contributed by atoms with Crippen LogP contribution < -0.4 is 46.7 Å². The minimum absolute atomic E-state index is 0. The fraction of sp³-hybridized carbons (Fsp3) is 0.121. The maximum absolute atomic E-state index is 4.50. The van der Waals surface area contributed by atoms with Gasteiger partial charge in [-0.3, -0.25) is 0 Å². The van der Waals surface area contributed by atoms with Gasteiger partial charge in [0.15, 0.2) is 24.2 Å². The molecule has 8 nitrogen and oxygen atoms in total. The first-order valence-corrected chi connectivity index (χ1v) is 56.7. The van der Waals surface area contributed by atoms with Crippen molar-refractivity contribution in [2.24, 2.45) is 11.8 Å². The second kappa shape index (κ2) is 92.7. The van der Waals surface area contributed by atoms with Crippen LogP contribution in [0.4, 0.5) is 0 Å². The zero-order valence-corrected chi connectivity index (χ0v) is 142. The summed E-state index contributed by atoms with van der Waals surface area (Å²) in [5.41, 5.74) is 26.1. The van der Waals surface area contributed by atoms with Crippen molar-refractivity contribution in [3.8, 4) is 33.4 Å².